The Bertz CT molecular complexity index is 802. The summed E-state index contributed by atoms with van der Waals surface area (Å²) in [5, 5.41) is 0. The molecule has 0 unspecified atom stereocenters. The summed E-state index contributed by atoms with van der Waals surface area (Å²) in [7, 11) is 3.03. The zero-order valence-electron chi connectivity index (χ0n) is 16.6. The molecule has 0 radical (unpaired) electrons. The van der Waals surface area contributed by atoms with E-state index in [1.165, 1.54) is 45.3 Å². The maximum Gasteiger partial charge on any atom is 0.330 e. The van der Waals surface area contributed by atoms with Crippen LogP contribution < -0.4 is 9.47 Å². The summed E-state index contributed by atoms with van der Waals surface area (Å²) < 4.78 is 16.2. The van der Waals surface area contributed by atoms with Crippen LogP contribution in [0.3, 0.4) is 0 Å². The first-order valence-electron chi connectivity index (χ1n) is 9.87. The predicted octanol–water partition coefficient (Wildman–Crippen LogP) is 5.51. The van der Waals surface area contributed by atoms with E-state index in [0.717, 1.165) is 34.8 Å². The van der Waals surface area contributed by atoms with Crippen LogP contribution >= 0.6 is 0 Å². The number of benzene rings is 2. The molecule has 0 aromatic heterocycles. The van der Waals surface area contributed by atoms with E-state index in [1.54, 1.807) is 13.2 Å². The number of carbonyl (C=O) groups is 1. The van der Waals surface area contributed by atoms with Crippen LogP contribution in [0.5, 0.6) is 11.5 Å². The van der Waals surface area contributed by atoms with Crippen LogP contribution in [0.2, 0.25) is 0 Å². The lowest BCUT2D eigenvalue weighted by Gasteiger charge is -2.22. The SMILES string of the molecule is COC(=O)/C=C/c1ccc(OCC2CCCCC2)c(-c2ccc(OC)cc2)c1. The quantitative estimate of drug-likeness (QED) is 0.469. The third-order valence-corrected chi connectivity index (χ3v) is 5.22. The Balaban J connectivity index is 1.85. The topological polar surface area (TPSA) is 44.8 Å². The first-order valence-corrected chi connectivity index (χ1v) is 9.87. The van der Waals surface area contributed by atoms with Gasteiger partial charge in [-0.3, -0.25) is 0 Å². The van der Waals surface area contributed by atoms with Crippen molar-refractivity contribution in [3.05, 3.63) is 54.1 Å². The molecular weight excluding hydrogens is 352 g/mol. The Morgan fingerprint density at radius 3 is 2.46 bits per heavy atom. The van der Waals surface area contributed by atoms with Crippen LogP contribution in [0.1, 0.15) is 37.7 Å². The van der Waals surface area contributed by atoms with Crippen molar-refractivity contribution in [1.29, 1.82) is 0 Å². The fraction of sp³-hybridized carbons (Fsp3) is 0.375. The van der Waals surface area contributed by atoms with Crippen molar-refractivity contribution in [3.63, 3.8) is 0 Å². The van der Waals surface area contributed by atoms with Gasteiger partial charge in [-0.15, -0.1) is 0 Å². The predicted molar refractivity (Wildman–Crippen MR) is 112 cm³/mol. The molecule has 1 aliphatic rings. The van der Waals surface area contributed by atoms with Gasteiger partial charge in [0.15, 0.2) is 0 Å². The van der Waals surface area contributed by atoms with E-state index in [9.17, 15) is 4.79 Å². The molecule has 0 saturated heterocycles. The Morgan fingerprint density at radius 2 is 1.79 bits per heavy atom. The van der Waals surface area contributed by atoms with Crippen molar-refractivity contribution in [2.24, 2.45) is 5.92 Å². The minimum Gasteiger partial charge on any atom is -0.497 e. The molecule has 4 nitrogen and oxygen atoms in total. The second-order valence-electron chi connectivity index (χ2n) is 7.16. The summed E-state index contributed by atoms with van der Waals surface area (Å²) in [6.45, 7) is 0.750. The maximum atomic E-state index is 11.4. The summed E-state index contributed by atoms with van der Waals surface area (Å²) in [6.07, 6.45) is 9.62. The average Bonchev–Trinajstić information content (AvgIpc) is 2.77. The molecule has 0 amide bonds. The van der Waals surface area contributed by atoms with Gasteiger partial charge < -0.3 is 14.2 Å². The van der Waals surface area contributed by atoms with Crippen LogP contribution in [0, 0.1) is 5.92 Å². The van der Waals surface area contributed by atoms with E-state index in [1.807, 2.05) is 42.5 Å². The van der Waals surface area contributed by atoms with E-state index in [2.05, 4.69) is 4.74 Å². The number of esters is 1. The molecule has 0 aliphatic heterocycles. The van der Waals surface area contributed by atoms with Gasteiger partial charge in [0.2, 0.25) is 0 Å². The number of carbonyl (C=O) groups excluding carboxylic acids is 1. The molecule has 0 heterocycles. The molecule has 1 aliphatic carbocycles. The first-order chi connectivity index (χ1) is 13.7. The molecule has 3 rings (SSSR count). The third-order valence-electron chi connectivity index (χ3n) is 5.22. The standard InChI is InChI=1S/C24H28O4/c1-26-21-12-10-20(11-13-21)22-16-18(9-15-24(25)27-2)8-14-23(22)28-17-19-6-4-3-5-7-19/h8-16,19H,3-7,17H2,1-2H3/b15-9+. The summed E-state index contributed by atoms with van der Waals surface area (Å²) >= 11 is 0. The molecule has 0 spiro atoms. The summed E-state index contributed by atoms with van der Waals surface area (Å²) in [5.74, 6) is 1.95. The van der Waals surface area contributed by atoms with Crippen LogP contribution in [0.15, 0.2) is 48.5 Å². The van der Waals surface area contributed by atoms with Gasteiger partial charge in [0.05, 0.1) is 20.8 Å². The van der Waals surface area contributed by atoms with Gasteiger partial charge in [-0.25, -0.2) is 4.79 Å². The van der Waals surface area contributed by atoms with Crippen molar-refractivity contribution < 1.29 is 19.0 Å². The fourth-order valence-corrected chi connectivity index (χ4v) is 3.57. The van der Waals surface area contributed by atoms with Crippen LogP contribution in [-0.4, -0.2) is 26.8 Å². The highest BCUT2D eigenvalue weighted by molar-refractivity contribution is 5.87. The Morgan fingerprint density at radius 1 is 1.04 bits per heavy atom. The first kappa shape index (κ1) is 20.0. The molecule has 1 fully saturated rings. The lowest BCUT2D eigenvalue weighted by Crippen LogP contribution is -2.15. The number of methoxy groups -OCH3 is 2. The number of rotatable bonds is 7. The fourth-order valence-electron chi connectivity index (χ4n) is 3.57. The smallest absolute Gasteiger partial charge is 0.330 e. The van der Waals surface area contributed by atoms with Crippen LogP contribution in [-0.2, 0) is 9.53 Å². The largest absolute Gasteiger partial charge is 0.497 e. The lowest BCUT2D eigenvalue weighted by molar-refractivity contribution is -0.134. The average molecular weight is 380 g/mol. The molecule has 1 saturated carbocycles. The van der Waals surface area contributed by atoms with Gasteiger partial charge >= 0.3 is 5.97 Å². The molecule has 148 valence electrons. The molecule has 2 aromatic carbocycles. The number of ether oxygens (including phenoxy) is 3. The van der Waals surface area contributed by atoms with E-state index in [4.69, 9.17) is 9.47 Å². The normalized spacial score (nSPS) is 14.8. The van der Waals surface area contributed by atoms with Crippen molar-refractivity contribution in [3.8, 4) is 22.6 Å². The molecule has 0 atom stereocenters. The minimum absolute atomic E-state index is 0.372. The second-order valence-corrected chi connectivity index (χ2v) is 7.16. The molecule has 0 N–H and O–H groups in total. The van der Waals surface area contributed by atoms with Crippen LogP contribution in [0.4, 0.5) is 0 Å². The zero-order chi connectivity index (χ0) is 19.8. The van der Waals surface area contributed by atoms with Gasteiger partial charge in [0, 0.05) is 11.6 Å². The second kappa shape index (κ2) is 9.98. The zero-order valence-corrected chi connectivity index (χ0v) is 16.6. The molecule has 28 heavy (non-hydrogen) atoms. The molecule has 0 bridgehead atoms. The lowest BCUT2D eigenvalue weighted by atomic mass is 9.90. The highest BCUT2D eigenvalue weighted by atomic mass is 16.5. The van der Waals surface area contributed by atoms with Crippen molar-refractivity contribution in [1.82, 2.24) is 0 Å². The van der Waals surface area contributed by atoms with E-state index in [-0.39, 0.29) is 5.97 Å². The van der Waals surface area contributed by atoms with E-state index < -0.39 is 0 Å². The summed E-state index contributed by atoms with van der Waals surface area (Å²) in [6, 6.07) is 13.9. The van der Waals surface area contributed by atoms with Gasteiger partial charge in [-0.05, 0) is 60.2 Å². The number of hydrogen-bond donors (Lipinski definition) is 0. The Hall–Kier alpha value is -2.75. The van der Waals surface area contributed by atoms with Gasteiger partial charge in [0.1, 0.15) is 11.5 Å². The minimum atomic E-state index is -0.372. The molecular formula is C24H28O4. The van der Waals surface area contributed by atoms with Crippen molar-refractivity contribution >= 4 is 12.0 Å². The molecule has 2 aromatic rings. The van der Waals surface area contributed by atoms with Crippen molar-refractivity contribution in [2.75, 3.05) is 20.8 Å². The van der Waals surface area contributed by atoms with Crippen molar-refractivity contribution in [2.45, 2.75) is 32.1 Å². The Kier molecular flexibility index (Phi) is 7.12. The molecule has 4 heteroatoms. The van der Waals surface area contributed by atoms with E-state index in [0.29, 0.717) is 5.92 Å². The van der Waals surface area contributed by atoms with Gasteiger partial charge in [0.25, 0.3) is 0 Å². The highest BCUT2D eigenvalue weighted by Gasteiger charge is 2.15. The third kappa shape index (κ3) is 5.38. The summed E-state index contributed by atoms with van der Waals surface area (Å²) in [4.78, 5) is 11.4. The van der Waals surface area contributed by atoms with E-state index >= 15 is 0 Å². The Labute approximate surface area is 167 Å². The van der Waals surface area contributed by atoms with Gasteiger partial charge in [-0.2, -0.15) is 0 Å². The maximum absolute atomic E-state index is 11.4. The monoisotopic (exact) mass is 380 g/mol. The summed E-state index contributed by atoms with van der Waals surface area (Å²) in [5.41, 5.74) is 2.97. The van der Waals surface area contributed by atoms with Gasteiger partial charge in [-0.1, -0.05) is 37.5 Å². The number of hydrogen-bond acceptors (Lipinski definition) is 4. The highest BCUT2D eigenvalue weighted by Crippen LogP contribution is 2.34. The van der Waals surface area contributed by atoms with Crippen LogP contribution in [0.25, 0.3) is 17.2 Å².